The number of benzene rings is 2. The second-order valence-corrected chi connectivity index (χ2v) is 10.6. The molecule has 2 fully saturated rings. The Kier molecular flexibility index (Phi) is 7.92. The average molecular weight is 608 g/mol. The number of nitrogens with zero attached hydrogens (tertiary/aromatic N) is 1. The third-order valence-electron chi connectivity index (χ3n) is 7.79. The molecule has 2 heterocycles. The predicted octanol–water partition coefficient (Wildman–Crippen LogP) is 2.06. The lowest BCUT2D eigenvalue weighted by atomic mass is 9.94. The summed E-state index contributed by atoms with van der Waals surface area (Å²) in [7, 11) is 1.24. The van der Waals surface area contributed by atoms with Crippen molar-refractivity contribution in [2.45, 2.75) is 56.0 Å². The number of amides is 2. The number of esters is 1. The monoisotopic (exact) mass is 607 g/mol. The van der Waals surface area contributed by atoms with Gasteiger partial charge in [-0.25, -0.2) is 18.9 Å². The zero-order valence-electron chi connectivity index (χ0n) is 23.1. The Hall–Kier alpha value is -4.08. The maximum absolute atomic E-state index is 13.9. The van der Waals surface area contributed by atoms with Crippen LogP contribution < -0.4 is 21.3 Å². The van der Waals surface area contributed by atoms with E-state index in [0.29, 0.717) is 34.8 Å². The summed E-state index contributed by atoms with van der Waals surface area (Å²) in [4.78, 5) is 53.2. The van der Waals surface area contributed by atoms with Crippen molar-refractivity contribution >= 4 is 29.4 Å². The lowest BCUT2D eigenvalue weighted by molar-refractivity contribution is -0.160. The van der Waals surface area contributed by atoms with Gasteiger partial charge in [0, 0.05) is 37.2 Å². The number of carbonyl (C=O) groups is 4. The molecule has 1 unspecified atom stereocenters. The maximum atomic E-state index is 13.9. The smallest absolute Gasteiger partial charge is 0.419 e. The molecule has 11 nitrogen and oxygen atoms in total. The number of carbonyl (C=O) groups excluding carboxylic acids is 4. The van der Waals surface area contributed by atoms with Gasteiger partial charge in [-0.1, -0.05) is 18.2 Å². The van der Waals surface area contributed by atoms with Crippen LogP contribution in [0.2, 0.25) is 0 Å². The molecule has 2 amide bonds. The molecule has 2 aliphatic heterocycles. The van der Waals surface area contributed by atoms with E-state index in [9.17, 15) is 36.7 Å². The summed E-state index contributed by atoms with van der Waals surface area (Å²) < 4.78 is 64.4. The van der Waals surface area contributed by atoms with Crippen molar-refractivity contribution in [1.82, 2.24) is 20.9 Å². The number of methoxy groups -OCH3 is 1. The van der Waals surface area contributed by atoms with Gasteiger partial charge < -0.3 is 14.8 Å². The van der Waals surface area contributed by atoms with Gasteiger partial charge >= 0.3 is 18.2 Å². The molecule has 0 saturated carbocycles. The van der Waals surface area contributed by atoms with Crippen LogP contribution in [0.5, 0.6) is 0 Å². The normalized spacial score (nSPS) is 22.3. The summed E-state index contributed by atoms with van der Waals surface area (Å²) >= 11 is 0. The number of rotatable bonds is 9. The molecule has 1 aliphatic carbocycles. The first-order valence-corrected chi connectivity index (χ1v) is 13.5. The van der Waals surface area contributed by atoms with Crippen LogP contribution in [0, 0.1) is 5.82 Å². The second-order valence-electron chi connectivity index (χ2n) is 10.6. The number of ketones is 1. The van der Waals surface area contributed by atoms with E-state index >= 15 is 0 Å². The van der Waals surface area contributed by atoms with Gasteiger partial charge in [-0.05, 0) is 48.7 Å². The summed E-state index contributed by atoms with van der Waals surface area (Å²) in [5, 5.41) is 11.2. The molecular weight excluding hydrogens is 578 g/mol. The van der Waals surface area contributed by atoms with Gasteiger partial charge in [-0.2, -0.15) is 13.2 Å². The highest BCUT2D eigenvalue weighted by atomic mass is 19.4. The van der Waals surface area contributed by atoms with Crippen LogP contribution in [0.3, 0.4) is 0 Å². The lowest BCUT2D eigenvalue weighted by Crippen LogP contribution is -2.62. The number of aryl methyl sites for hydroxylation is 1. The SMILES string of the molecule is COC(=O)C1(Nc2ccc3c(c2)CC[C@@]32OC(=O)N(C(N[C@@H](C)C(F)(F)F)C(=O)Cc3ccc(F)cc3)C2=O)NCCN1. The Morgan fingerprint density at radius 3 is 2.42 bits per heavy atom. The minimum Gasteiger partial charge on any atom is -0.465 e. The zero-order valence-corrected chi connectivity index (χ0v) is 23.1. The number of hydrogen-bond acceptors (Lipinski definition) is 10. The van der Waals surface area contributed by atoms with Gasteiger partial charge in [-0.3, -0.25) is 25.5 Å². The second kappa shape index (κ2) is 11.2. The number of anilines is 1. The fourth-order valence-corrected chi connectivity index (χ4v) is 5.55. The molecule has 230 valence electrons. The van der Waals surface area contributed by atoms with E-state index < -0.39 is 65.8 Å². The minimum absolute atomic E-state index is 0.0147. The molecule has 43 heavy (non-hydrogen) atoms. The van der Waals surface area contributed by atoms with Gasteiger partial charge in [0.2, 0.25) is 11.4 Å². The Morgan fingerprint density at radius 2 is 1.79 bits per heavy atom. The van der Waals surface area contributed by atoms with Gasteiger partial charge in [-0.15, -0.1) is 0 Å². The highest BCUT2D eigenvalue weighted by Crippen LogP contribution is 2.46. The molecule has 0 bridgehead atoms. The average Bonchev–Trinajstić information content (AvgIpc) is 3.64. The Morgan fingerprint density at radius 1 is 1.12 bits per heavy atom. The zero-order chi connectivity index (χ0) is 31.2. The number of Topliss-reactive ketones (excluding diaryl/α,β-unsaturated/α-hetero) is 1. The predicted molar refractivity (Wildman–Crippen MR) is 142 cm³/mol. The standard InChI is InChI=1S/C28H29F4N5O6/c1-15(27(30,31)32)35-22(21(38)13-16-3-5-18(29)6-4-16)37-23(39)26(43-25(37)41)10-9-17-14-19(7-8-20(17)26)36-28(24(40)42-2)33-11-12-34-28/h3-8,14-15,22,33-36H,9-13H2,1-2H3/t15-,22?,26+/m0/s1. The topological polar surface area (TPSA) is 138 Å². The number of alkyl halides is 3. The van der Waals surface area contributed by atoms with Crippen molar-refractivity contribution in [3.05, 3.63) is 65.0 Å². The van der Waals surface area contributed by atoms with Crippen LogP contribution >= 0.6 is 0 Å². The van der Waals surface area contributed by atoms with E-state index in [1.807, 2.05) is 0 Å². The van der Waals surface area contributed by atoms with E-state index in [1.165, 1.54) is 25.3 Å². The van der Waals surface area contributed by atoms with Crippen molar-refractivity contribution in [1.29, 1.82) is 0 Å². The van der Waals surface area contributed by atoms with Crippen molar-refractivity contribution < 1.29 is 46.2 Å². The molecule has 2 saturated heterocycles. The van der Waals surface area contributed by atoms with Crippen molar-refractivity contribution in [3.8, 4) is 0 Å². The number of ether oxygens (including phenoxy) is 2. The summed E-state index contributed by atoms with van der Waals surface area (Å²) in [5.41, 5.74) is -0.199. The first-order valence-electron chi connectivity index (χ1n) is 13.5. The highest BCUT2D eigenvalue weighted by molar-refractivity contribution is 6.07. The molecule has 2 aromatic carbocycles. The molecule has 3 atom stereocenters. The van der Waals surface area contributed by atoms with Gasteiger partial charge in [0.1, 0.15) is 11.9 Å². The summed E-state index contributed by atoms with van der Waals surface area (Å²) in [6, 6.07) is 7.21. The van der Waals surface area contributed by atoms with Crippen LogP contribution in [0.25, 0.3) is 0 Å². The summed E-state index contributed by atoms with van der Waals surface area (Å²) in [5.74, 6) is -4.47. The molecule has 0 aromatic heterocycles. The number of hydrogen-bond donors (Lipinski definition) is 4. The Labute approximate surface area is 243 Å². The van der Waals surface area contributed by atoms with Crippen LogP contribution in [0.1, 0.15) is 30.0 Å². The Bertz CT molecular complexity index is 1450. The van der Waals surface area contributed by atoms with E-state index in [1.54, 1.807) is 12.1 Å². The third kappa shape index (κ3) is 5.55. The minimum atomic E-state index is -4.80. The Balaban J connectivity index is 1.43. The lowest BCUT2D eigenvalue weighted by Gasteiger charge is -2.29. The van der Waals surface area contributed by atoms with Crippen molar-refractivity contribution in [2.24, 2.45) is 0 Å². The van der Waals surface area contributed by atoms with Gasteiger partial charge in [0.15, 0.2) is 11.9 Å². The first-order chi connectivity index (χ1) is 20.3. The van der Waals surface area contributed by atoms with Gasteiger partial charge in [0.05, 0.1) is 7.11 Å². The van der Waals surface area contributed by atoms with E-state index in [-0.39, 0.29) is 18.4 Å². The van der Waals surface area contributed by atoms with Crippen LogP contribution in [-0.2, 0) is 42.3 Å². The fourth-order valence-electron chi connectivity index (χ4n) is 5.55. The molecule has 0 radical (unpaired) electrons. The van der Waals surface area contributed by atoms with E-state index in [0.717, 1.165) is 19.1 Å². The molecule has 3 aliphatic rings. The van der Waals surface area contributed by atoms with Crippen LogP contribution in [-0.4, -0.2) is 73.0 Å². The van der Waals surface area contributed by atoms with Crippen molar-refractivity contribution in [2.75, 3.05) is 25.5 Å². The number of nitrogens with one attached hydrogen (secondary N) is 4. The van der Waals surface area contributed by atoms with Gasteiger partial charge in [0.25, 0.3) is 5.91 Å². The first kappa shape index (κ1) is 30.4. The largest absolute Gasteiger partial charge is 0.465 e. The van der Waals surface area contributed by atoms with E-state index in [2.05, 4.69) is 21.3 Å². The fraction of sp³-hybridized carbons (Fsp3) is 0.429. The number of imide groups is 1. The van der Waals surface area contributed by atoms with Crippen LogP contribution in [0.4, 0.5) is 28.0 Å². The van der Waals surface area contributed by atoms with Crippen molar-refractivity contribution in [3.63, 3.8) is 0 Å². The number of halogens is 4. The van der Waals surface area contributed by atoms with Crippen LogP contribution in [0.15, 0.2) is 42.5 Å². The number of fused-ring (bicyclic) bond motifs is 2. The highest BCUT2D eigenvalue weighted by Gasteiger charge is 2.61. The molecule has 5 rings (SSSR count). The summed E-state index contributed by atoms with van der Waals surface area (Å²) in [6.45, 7) is 1.73. The molecule has 2 aromatic rings. The third-order valence-corrected chi connectivity index (χ3v) is 7.79. The quantitative estimate of drug-likeness (QED) is 0.248. The summed E-state index contributed by atoms with van der Waals surface area (Å²) in [6.07, 6.45) is -8.33. The molecule has 4 N–H and O–H groups in total. The molecular formula is C28H29F4N5O6. The molecule has 15 heteroatoms. The molecule has 1 spiro atoms. The maximum Gasteiger partial charge on any atom is 0.419 e. The van der Waals surface area contributed by atoms with E-state index in [4.69, 9.17) is 9.47 Å².